The van der Waals surface area contributed by atoms with E-state index < -0.39 is 10.0 Å². The van der Waals surface area contributed by atoms with Crippen molar-refractivity contribution in [2.24, 2.45) is 11.3 Å². The summed E-state index contributed by atoms with van der Waals surface area (Å²) in [5.41, 5.74) is 7.21. The molecule has 0 amide bonds. The molecule has 1 aliphatic heterocycles. The fourth-order valence-electron chi connectivity index (χ4n) is 2.67. The summed E-state index contributed by atoms with van der Waals surface area (Å²) < 4.78 is 26.6. The second-order valence-electron chi connectivity index (χ2n) is 6.71. The van der Waals surface area contributed by atoms with Crippen molar-refractivity contribution in [2.45, 2.75) is 32.9 Å². The van der Waals surface area contributed by atoms with Crippen molar-refractivity contribution >= 4 is 15.7 Å². The summed E-state index contributed by atoms with van der Waals surface area (Å²) >= 11 is 0. The Morgan fingerprint density at radius 2 is 2.05 bits per heavy atom. The van der Waals surface area contributed by atoms with Gasteiger partial charge in [0.2, 0.25) is 10.0 Å². The summed E-state index contributed by atoms with van der Waals surface area (Å²) in [6, 6.07) is 7.10. The highest BCUT2D eigenvalue weighted by Crippen LogP contribution is 2.35. The molecule has 1 aromatic carbocycles. The number of sulfonamides is 1. The number of nitrogens with zero attached hydrogens (tertiary/aromatic N) is 1. The highest BCUT2D eigenvalue weighted by Gasteiger charge is 2.36. The second-order valence-corrected chi connectivity index (χ2v) is 8.68. The minimum absolute atomic E-state index is 0.0366. The maximum atomic E-state index is 12.5. The smallest absolute Gasteiger partial charge is 0.218 e. The van der Waals surface area contributed by atoms with Crippen LogP contribution >= 0.6 is 0 Å². The van der Waals surface area contributed by atoms with Crippen molar-refractivity contribution in [3.8, 4) is 0 Å². The van der Waals surface area contributed by atoms with Gasteiger partial charge in [-0.3, -0.25) is 0 Å². The van der Waals surface area contributed by atoms with Crippen molar-refractivity contribution in [2.75, 3.05) is 18.8 Å². The molecule has 1 atom stereocenters. The first kappa shape index (κ1) is 15.3. The molecule has 1 unspecified atom stereocenters. The molecule has 1 fully saturated rings. The van der Waals surface area contributed by atoms with Gasteiger partial charge >= 0.3 is 0 Å². The van der Waals surface area contributed by atoms with Crippen molar-refractivity contribution in [3.63, 3.8) is 0 Å². The topological polar surface area (TPSA) is 63.4 Å². The van der Waals surface area contributed by atoms with E-state index in [2.05, 4.69) is 20.8 Å². The molecule has 2 N–H and O–H groups in total. The van der Waals surface area contributed by atoms with Crippen LogP contribution in [-0.2, 0) is 15.8 Å². The van der Waals surface area contributed by atoms with Gasteiger partial charge in [0.05, 0.1) is 5.75 Å². The zero-order valence-corrected chi connectivity index (χ0v) is 13.3. The summed E-state index contributed by atoms with van der Waals surface area (Å²) in [6.07, 6.45) is 0.944. The van der Waals surface area contributed by atoms with Gasteiger partial charge in [-0.25, -0.2) is 12.7 Å². The van der Waals surface area contributed by atoms with E-state index in [0.717, 1.165) is 12.0 Å². The third kappa shape index (κ3) is 3.52. The van der Waals surface area contributed by atoms with Gasteiger partial charge in [0.1, 0.15) is 0 Å². The molecule has 4 nitrogen and oxygen atoms in total. The minimum atomic E-state index is -3.25. The summed E-state index contributed by atoms with van der Waals surface area (Å²) in [6.45, 7) is 7.78. The van der Waals surface area contributed by atoms with Crippen molar-refractivity contribution in [3.05, 3.63) is 29.8 Å². The lowest BCUT2D eigenvalue weighted by Gasteiger charge is -2.26. The fourth-order valence-corrected chi connectivity index (χ4v) is 4.25. The third-order valence-corrected chi connectivity index (χ3v) is 5.89. The van der Waals surface area contributed by atoms with E-state index in [1.54, 1.807) is 22.5 Å². The number of anilines is 1. The Hall–Kier alpha value is -1.07. The molecular weight excluding hydrogens is 272 g/mol. The van der Waals surface area contributed by atoms with E-state index in [1.807, 2.05) is 6.07 Å². The third-order valence-electron chi connectivity index (χ3n) is 4.07. The molecule has 2 rings (SSSR count). The predicted octanol–water partition coefficient (Wildman–Crippen LogP) is 2.47. The van der Waals surface area contributed by atoms with E-state index in [4.69, 9.17) is 5.73 Å². The monoisotopic (exact) mass is 296 g/mol. The molecule has 1 heterocycles. The van der Waals surface area contributed by atoms with Crippen LogP contribution in [0.4, 0.5) is 5.69 Å². The number of benzene rings is 1. The summed E-state index contributed by atoms with van der Waals surface area (Å²) in [5.74, 6) is 0.465. The molecule has 112 valence electrons. The van der Waals surface area contributed by atoms with E-state index in [9.17, 15) is 8.42 Å². The quantitative estimate of drug-likeness (QED) is 0.872. The van der Waals surface area contributed by atoms with Gasteiger partial charge in [0.15, 0.2) is 0 Å². The van der Waals surface area contributed by atoms with Crippen LogP contribution in [0.2, 0.25) is 0 Å². The lowest BCUT2D eigenvalue weighted by Crippen LogP contribution is -2.32. The Morgan fingerprint density at radius 3 is 2.60 bits per heavy atom. The maximum absolute atomic E-state index is 12.5. The lowest BCUT2D eigenvalue weighted by atomic mass is 9.80. The Labute approximate surface area is 122 Å². The SMILES string of the molecule is CC(C)(C)C1CCN(S(=O)(=O)Cc2cccc(N)c2)C1. The lowest BCUT2D eigenvalue weighted by molar-refractivity contribution is 0.252. The van der Waals surface area contributed by atoms with Crippen LogP contribution in [0.15, 0.2) is 24.3 Å². The molecule has 0 aromatic heterocycles. The van der Waals surface area contributed by atoms with Crippen LogP contribution in [0.3, 0.4) is 0 Å². The van der Waals surface area contributed by atoms with Crippen LogP contribution in [0.25, 0.3) is 0 Å². The van der Waals surface area contributed by atoms with Crippen LogP contribution < -0.4 is 5.73 Å². The zero-order chi connectivity index (χ0) is 15.0. The number of hydrogen-bond acceptors (Lipinski definition) is 3. The Morgan fingerprint density at radius 1 is 1.35 bits per heavy atom. The molecule has 5 heteroatoms. The van der Waals surface area contributed by atoms with E-state index in [0.29, 0.717) is 24.7 Å². The largest absolute Gasteiger partial charge is 0.399 e. The normalized spacial score (nSPS) is 21.2. The molecule has 20 heavy (non-hydrogen) atoms. The minimum Gasteiger partial charge on any atom is -0.399 e. The Bertz CT molecular complexity index is 576. The van der Waals surface area contributed by atoms with E-state index in [1.165, 1.54) is 0 Å². The van der Waals surface area contributed by atoms with Crippen LogP contribution in [0.5, 0.6) is 0 Å². The molecule has 0 spiro atoms. The highest BCUT2D eigenvalue weighted by molar-refractivity contribution is 7.88. The van der Waals surface area contributed by atoms with Gasteiger partial charge < -0.3 is 5.73 Å². The Kier molecular flexibility index (Phi) is 4.12. The van der Waals surface area contributed by atoms with Gasteiger partial charge in [-0.1, -0.05) is 32.9 Å². The molecule has 1 aromatic rings. The molecular formula is C15H24N2O2S. The van der Waals surface area contributed by atoms with Gasteiger partial charge in [-0.15, -0.1) is 0 Å². The van der Waals surface area contributed by atoms with Crippen LogP contribution in [0.1, 0.15) is 32.8 Å². The van der Waals surface area contributed by atoms with Gasteiger partial charge in [-0.05, 0) is 35.4 Å². The summed E-state index contributed by atoms with van der Waals surface area (Å²) in [5, 5.41) is 0. The first-order chi connectivity index (χ1) is 9.18. The average molecular weight is 296 g/mol. The van der Waals surface area contributed by atoms with Gasteiger partial charge in [-0.2, -0.15) is 0 Å². The van der Waals surface area contributed by atoms with Gasteiger partial charge in [0.25, 0.3) is 0 Å². The van der Waals surface area contributed by atoms with Crippen molar-refractivity contribution < 1.29 is 8.42 Å². The van der Waals surface area contributed by atoms with E-state index in [-0.39, 0.29) is 11.2 Å². The summed E-state index contributed by atoms with van der Waals surface area (Å²) in [4.78, 5) is 0. The summed E-state index contributed by atoms with van der Waals surface area (Å²) in [7, 11) is -3.25. The number of nitrogen functional groups attached to an aromatic ring is 1. The first-order valence-electron chi connectivity index (χ1n) is 7.01. The Balaban J connectivity index is 2.09. The highest BCUT2D eigenvalue weighted by atomic mass is 32.2. The standard InChI is InChI=1S/C15H24N2O2S/c1-15(2,3)13-7-8-17(10-13)20(18,19)11-12-5-4-6-14(16)9-12/h4-6,9,13H,7-8,10-11,16H2,1-3H3. The number of rotatable bonds is 3. The maximum Gasteiger partial charge on any atom is 0.218 e. The fraction of sp³-hybridized carbons (Fsp3) is 0.600. The molecule has 0 saturated carbocycles. The zero-order valence-electron chi connectivity index (χ0n) is 12.5. The number of nitrogens with two attached hydrogens (primary N) is 1. The van der Waals surface area contributed by atoms with Crippen LogP contribution in [-0.4, -0.2) is 25.8 Å². The molecule has 0 bridgehead atoms. The number of hydrogen-bond donors (Lipinski definition) is 1. The molecule has 1 saturated heterocycles. The second kappa shape index (κ2) is 5.37. The van der Waals surface area contributed by atoms with Crippen LogP contribution in [0, 0.1) is 11.3 Å². The molecule has 0 radical (unpaired) electrons. The van der Waals surface area contributed by atoms with E-state index >= 15 is 0 Å². The van der Waals surface area contributed by atoms with Crippen molar-refractivity contribution in [1.29, 1.82) is 0 Å². The van der Waals surface area contributed by atoms with Gasteiger partial charge in [0, 0.05) is 18.8 Å². The predicted molar refractivity (Wildman–Crippen MR) is 82.6 cm³/mol. The first-order valence-corrected chi connectivity index (χ1v) is 8.61. The molecule has 0 aliphatic carbocycles. The average Bonchev–Trinajstić information content (AvgIpc) is 2.77. The van der Waals surface area contributed by atoms with Crippen molar-refractivity contribution in [1.82, 2.24) is 4.31 Å². The molecule has 1 aliphatic rings.